The lowest BCUT2D eigenvalue weighted by atomic mass is 9.89. The highest BCUT2D eigenvalue weighted by atomic mass is 35.5. The quantitative estimate of drug-likeness (QED) is 0.426. The number of ketones is 1. The molecule has 0 saturated carbocycles. The molecule has 0 bridgehead atoms. The maximum atomic E-state index is 13.1. The summed E-state index contributed by atoms with van der Waals surface area (Å²) in [6, 6.07) is 19.6. The molecular weight excluding hydrogens is 425 g/mol. The Hall–Kier alpha value is -2.69. The van der Waals surface area contributed by atoms with Gasteiger partial charge in [-0.2, -0.15) is 0 Å². The molecule has 0 spiro atoms. The molecule has 5 heteroatoms. The molecule has 4 rings (SSSR count). The second kappa shape index (κ2) is 9.85. The molecule has 3 nitrogen and oxygen atoms in total. The Kier molecular flexibility index (Phi) is 6.92. The lowest BCUT2D eigenvalue weighted by Crippen LogP contribution is -2.35. The van der Waals surface area contributed by atoms with Crippen LogP contribution >= 0.6 is 11.6 Å². The van der Waals surface area contributed by atoms with Crippen molar-refractivity contribution in [2.45, 2.75) is 38.1 Å². The Balaban J connectivity index is 1.54. The van der Waals surface area contributed by atoms with Crippen molar-refractivity contribution in [1.29, 1.82) is 0 Å². The number of fused-ring (bicyclic) bond motifs is 1. The van der Waals surface area contributed by atoms with Gasteiger partial charge in [0, 0.05) is 29.2 Å². The summed E-state index contributed by atoms with van der Waals surface area (Å²) in [6.07, 6.45) is 2.33. The highest BCUT2D eigenvalue weighted by Crippen LogP contribution is 2.36. The first-order chi connectivity index (χ1) is 15.5. The van der Waals surface area contributed by atoms with Crippen LogP contribution in [0.1, 0.15) is 58.8 Å². The van der Waals surface area contributed by atoms with E-state index in [0.717, 1.165) is 36.2 Å². The number of halogens is 2. The first-order valence-electron chi connectivity index (χ1n) is 11.0. The van der Waals surface area contributed by atoms with Gasteiger partial charge in [-0.25, -0.2) is 4.39 Å². The monoisotopic (exact) mass is 451 g/mol. The molecule has 1 N–H and O–H groups in total. The first kappa shape index (κ1) is 22.5. The number of Topliss-reactive ketones (excluding diaryl/α,β-unsaturated/α-hetero) is 1. The van der Waals surface area contributed by atoms with Gasteiger partial charge in [0.25, 0.3) is 0 Å². The maximum Gasteiger partial charge on any atom is 0.163 e. The Morgan fingerprint density at radius 3 is 2.59 bits per heavy atom. The summed E-state index contributed by atoms with van der Waals surface area (Å²) in [5, 5.41) is 10.8. The van der Waals surface area contributed by atoms with Crippen molar-refractivity contribution in [3.8, 4) is 0 Å². The van der Waals surface area contributed by atoms with Crippen molar-refractivity contribution in [1.82, 2.24) is 0 Å². The average Bonchev–Trinajstić information content (AvgIpc) is 2.80. The molecular formula is C27H27ClFNO2. The van der Waals surface area contributed by atoms with Gasteiger partial charge in [-0.05, 0) is 77.9 Å². The summed E-state index contributed by atoms with van der Waals surface area (Å²) in [5.74, 6) is -0.277. The second-order valence-electron chi connectivity index (χ2n) is 8.47. The molecule has 2 atom stereocenters. The van der Waals surface area contributed by atoms with Crippen LogP contribution in [-0.2, 0) is 6.42 Å². The van der Waals surface area contributed by atoms with Gasteiger partial charge < -0.3 is 10.0 Å². The van der Waals surface area contributed by atoms with Crippen LogP contribution in [0, 0.1) is 5.82 Å². The average molecular weight is 452 g/mol. The number of nitrogens with zero attached hydrogens (tertiary/aromatic N) is 1. The molecule has 1 heterocycles. The fourth-order valence-corrected chi connectivity index (χ4v) is 4.72. The third kappa shape index (κ3) is 4.87. The smallest absolute Gasteiger partial charge is 0.163 e. The van der Waals surface area contributed by atoms with Gasteiger partial charge >= 0.3 is 0 Å². The van der Waals surface area contributed by atoms with Crippen molar-refractivity contribution in [2.24, 2.45) is 0 Å². The molecule has 32 heavy (non-hydrogen) atoms. The molecule has 0 amide bonds. The predicted molar refractivity (Wildman–Crippen MR) is 127 cm³/mol. The van der Waals surface area contributed by atoms with Crippen molar-refractivity contribution < 1.29 is 14.3 Å². The number of hydrogen-bond acceptors (Lipinski definition) is 3. The summed E-state index contributed by atoms with van der Waals surface area (Å²) in [4.78, 5) is 14.9. The van der Waals surface area contributed by atoms with Crippen molar-refractivity contribution in [3.63, 3.8) is 0 Å². The van der Waals surface area contributed by atoms with Crippen LogP contribution in [0.5, 0.6) is 0 Å². The van der Waals surface area contributed by atoms with Crippen LogP contribution in [0.4, 0.5) is 10.1 Å². The molecule has 0 fully saturated rings. The Morgan fingerprint density at radius 1 is 1.09 bits per heavy atom. The van der Waals surface area contributed by atoms with Gasteiger partial charge in [0.1, 0.15) is 5.82 Å². The summed E-state index contributed by atoms with van der Waals surface area (Å²) < 4.78 is 13.1. The van der Waals surface area contributed by atoms with E-state index in [1.807, 2.05) is 31.2 Å². The number of carbonyl (C=O) groups is 1. The minimum atomic E-state index is -0.340. The van der Waals surface area contributed by atoms with Gasteiger partial charge in [-0.15, -0.1) is 0 Å². The summed E-state index contributed by atoms with van der Waals surface area (Å²) >= 11 is 6.19. The second-order valence-corrected chi connectivity index (χ2v) is 8.91. The Labute approximate surface area is 193 Å². The number of carbonyl (C=O) groups excluding carboxylic acids is 1. The third-order valence-electron chi connectivity index (χ3n) is 6.27. The molecule has 0 radical (unpaired) electrons. The molecule has 3 aromatic rings. The first-order valence-corrected chi connectivity index (χ1v) is 11.4. The fourth-order valence-electron chi connectivity index (χ4n) is 4.52. The summed E-state index contributed by atoms with van der Waals surface area (Å²) in [5.41, 5.74) is 5.00. The number of aliphatic hydroxyl groups is 1. The van der Waals surface area contributed by atoms with Crippen LogP contribution in [0.15, 0.2) is 66.7 Å². The number of rotatable bonds is 7. The largest absolute Gasteiger partial charge is 0.394 e. The van der Waals surface area contributed by atoms with Gasteiger partial charge in [0.15, 0.2) is 5.78 Å². The van der Waals surface area contributed by atoms with E-state index in [0.29, 0.717) is 17.0 Å². The highest BCUT2D eigenvalue weighted by Gasteiger charge is 2.26. The van der Waals surface area contributed by atoms with E-state index in [1.165, 1.54) is 17.7 Å². The lowest BCUT2D eigenvalue weighted by molar-refractivity contribution is 0.0975. The van der Waals surface area contributed by atoms with Crippen LogP contribution in [-0.4, -0.2) is 24.0 Å². The molecule has 1 aliphatic heterocycles. The number of anilines is 1. The molecule has 1 aliphatic rings. The Bertz CT molecular complexity index is 1100. The van der Waals surface area contributed by atoms with E-state index >= 15 is 0 Å². The number of benzene rings is 3. The van der Waals surface area contributed by atoms with Crippen molar-refractivity contribution >= 4 is 23.1 Å². The van der Waals surface area contributed by atoms with E-state index < -0.39 is 0 Å². The molecule has 2 unspecified atom stereocenters. The van der Waals surface area contributed by atoms with Gasteiger partial charge in [-0.3, -0.25) is 4.79 Å². The van der Waals surface area contributed by atoms with E-state index in [9.17, 15) is 14.3 Å². The van der Waals surface area contributed by atoms with Crippen LogP contribution in [0.25, 0.3) is 0 Å². The predicted octanol–water partition coefficient (Wildman–Crippen LogP) is 6.34. The van der Waals surface area contributed by atoms with E-state index in [1.54, 1.807) is 12.1 Å². The topological polar surface area (TPSA) is 40.5 Å². The van der Waals surface area contributed by atoms with E-state index in [-0.39, 0.29) is 30.2 Å². The zero-order valence-electron chi connectivity index (χ0n) is 18.1. The zero-order chi connectivity index (χ0) is 22.7. The Morgan fingerprint density at radius 2 is 1.88 bits per heavy atom. The highest BCUT2D eigenvalue weighted by molar-refractivity contribution is 6.30. The number of aryl methyl sites for hydroxylation is 1. The molecule has 0 saturated heterocycles. The van der Waals surface area contributed by atoms with Crippen LogP contribution in [0.3, 0.4) is 0 Å². The van der Waals surface area contributed by atoms with E-state index in [2.05, 4.69) is 23.1 Å². The van der Waals surface area contributed by atoms with Gasteiger partial charge in [-0.1, -0.05) is 42.8 Å². The number of hydrogen-bond donors (Lipinski definition) is 1. The minimum Gasteiger partial charge on any atom is -0.394 e. The zero-order valence-corrected chi connectivity index (χ0v) is 18.9. The maximum absolute atomic E-state index is 13.1. The standard InChI is InChI=1S/C27H27ClFNO2/c1-18(14-27(32)19-7-10-24(29)11-8-19)20-9-12-25-21(15-20)5-3-13-30(25)26(17-31)22-4-2-6-23(28)16-22/h2,4,6-12,15-16,18,26,31H,3,5,13-14,17H2,1H3. The summed E-state index contributed by atoms with van der Waals surface area (Å²) in [7, 11) is 0. The van der Waals surface area contributed by atoms with Gasteiger partial charge in [0.2, 0.25) is 0 Å². The fraction of sp³-hybridized carbons (Fsp3) is 0.296. The minimum absolute atomic E-state index is 0.00408. The lowest BCUT2D eigenvalue weighted by Gasteiger charge is -2.38. The van der Waals surface area contributed by atoms with Crippen LogP contribution < -0.4 is 4.90 Å². The molecule has 3 aromatic carbocycles. The van der Waals surface area contributed by atoms with Crippen molar-refractivity contribution in [2.75, 3.05) is 18.1 Å². The van der Waals surface area contributed by atoms with E-state index in [4.69, 9.17) is 11.6 Å². The molecule has 0 aromatic heterocycles. The third-order valence-corrected chi connectivity index (χ3v) is 6.50. The van der Waals surface area contributed by atoms with Gasteiger partial charge in [0.05, 0.1) is 12.6 Å². The number of aliphatic hydroxyl groups excluding tert-OH is 1. The molecule has 0 aliphatic carbocycles. The molecule has 166 valence electrons. The summed E-state index contributed by atoms with van der Waals surface area (Å²) in [6.45, 7) is 2.92. The SMILES string of the molecule is CC(CC(=O)c1ccc(F)cc1)c1ccc2c(c1)CCCN2C(CO)c1cccc(Cl)c1. The van der Waals surface area contributed by atoms with Crippen LogP contribution in [0.2, 0.25) is 5.02 Å². The van der Waals surface area contributed by atoms with Crippen molar-refractivity contribution in [3.05, 3.63) is 99.8 Å². The normalized spacial score (nSPS) is 15.2.